The van der Waals surface area contributed by atoms with Gasteiger partial charge in [-0.05, 0) is 24.6 Å². The molecule has 0 saturated heterocycles. The number of phenolic OH excluding ortho intramolecular Hbond substituents is 1. The van der Waals surface area contributed by atoms with Gasteiger partial charge in [-0.1, -0.05) is 6.07 Å². The van der Waals surface area contributed by atoms with Gasteiger partial charge in [-0.3, -0.25) is 9.59 Å². The lowest BCUT2D eigenvalue weighted by Crippen LogP contribution is -2.28. The lowest BCUT2D eigenvalue weighted by molar-refractivity contribution is -0.121. The fourth-order valence-corrected chi connectivity index (χ4v) is 3.14. The second-order valence-electron chi connectivity index (χ2n) is 6.77. The molecule has 0 aliphatic rings. The van der Waals surface area contributed by atoms with Gasteiger partial charge in [0.15, 0.2) is 17.3 Å². The molecule has 0 bridgehead atoms. The molecule has 0 aliphatic heterocycles. The Hall–Kier alpha value is -3.75. The third-order valence-electron chi connectivity index (χ3n) is 4.64. The quantitative estimate of drug-likeness (QED) is 0.515. The Morgan fingerprint density at radius 2 is 2.13 bits per heavy atom. The second-order valence-corrected chi connectivity index (χ2v) is 6.77. The van der Waals surface area contributed by atoms with Crippen LogP contribution in [0.25, 0.3) is 0 Å². The lowest BCUT2D eigenvalue weighted by Gasteiger charge is -2.19. The molecule has 158 valence electrons. The van der Waals surface area contributed by atoms with Crippen LogP contribution < -0.4 is 15.5 Å². The first-order valence-electron chi connectivity index (χ1n) is 9.32. The number of phenols is 1. The summed E-state index contributed by atoms with van der Waals surface area (Å²) >= 11 is 0. The molecule has 0 radical (unpaired) electrons. The molecule has 0 saturated carbocycles. The largest absolute Gasteiger partial charge is 0.504 e. The van der Waals surface area contributed by atoms with E-state index in [0.717, 1.165) is 0 Å². The summed E-state index contributed by atoms with van der Waals surface area (Å²) in [5.41, 5.74) is -0.0523. The number of rotatable bonds is 8. The van der Waals surface area contributed by atoms with Crippen LogP contribution in [-0.4, -0.2) is 39.3 Å². The smallest absolute Gasteiger partial charge is 0.227 e. The SMILES string of the molecule is COc1cc(C(CC(=O)NCCn2ccnc2)c2oc(C)cc(=O)c2O)ccc1O. The molecule has 3 rings (SSSR count). The summed E-state index contributed by atoms with van der Waals surface area (Å²) in [6.45, 7) is 2.52. The molecule has 0 spiro atoms. The summed E-state index contributed by atoms with van der Waals surface area (Å²) in [5.74, 6) is -1.19. The van der Waals surface area contributed by atoms with E-state index >= 15 is 0 Å². The van der Waals surface area contributed by atoms with Crippen LogP contribution in [0.3, 0.4) is 0 Å². The van der Waals surface area contributed by atoms with E-state index in [9.17, 15) is 19.8 Å². The molecule has 1 amide bonds. The third kappa shape index (κ3) is 4.80. The molecule has 1 atom stereocenters. The zero-order valence-electron chi connectivity index (χ0n) is 16.7. The fourth-order valence-electron chi connectivity index (χ4n) is 3.14. The minimum absolute atomic E-state index is 0.0162. The number of carbonyl (C=O) groups is 1. The number of imidazole rings is 1. The van der Waals surface area contributed by atoms with Crippen molar-refractivity contribution in [2.24, 2.45) is 0 Å². The van der Waals surface area contributed by atoms with Crippen LogP contribution in [0, 0.1) is 6.92 Å². The van der Waals surface area contributed by atoms with Gasteiger partial charge in [0, 0.05) is 38.0 Å². The Labute approximate surface area is 172 Å². The van der Waals surface area contributed by atoms with Crippen molar-refractivity contribution >= 4 is 5.91 Å². The Kier molecular flexibility index (Phi) is 6.41. The third-order valence-corrected chi connectivity index (χ3v) is 4.64. The van der Waals surface area contributed by atoms with Crippen molar-refractivity contribution in [1.82, 2.24) is 14.9 Å². The number of aromatic nitrogens is 2. The molecule has 3 aromatic rings. The van der Waals surface area contributed by atoms with Gasteiger partial charge < -0.3 is 29.3 Å². The van der Waals surface area contributed by atoms with Crippen molar-refractivity contribution in [1.29, 1.82) is 0 Å². The van der Waals surface area contributed by atoms with Crippen molar-refractivity contribution in [3.05, 3.63) is 70.3 Å². The summed E-state index contributed by atoms with van der Waals surface area (Å²) in [6, 6.07) is 5.73. The summed E-state index contributed by atoms with van der Waals surface area (Å²) in [4.78, 5) is 28.6. The van der Waals surface area contributed by atoms with Gasteiger partial charge in [0.05, 0.1) is 19.4 Å². The Morgan fingerprint density at radius 3 is 2.83 bits per heavy atom. The Morgan fingerprint density at radius 1 is 1.33 bits per heavy atom. The first kappa shape index (κ1) is 21.0. The van der Waals surface area contributed by atoms with Crippen LogP contribution in [0.5, 0.6) is 17.2 Å². The van der Waals surface area contributed by atoms with Gasteiger partial charge in [-0.25, -0.2) is 4.98 Å². The van der Waals surface area contributed by atoms with E-state index in [1.165, 1.54) is 19.2 Å². The Bertz CT molecular complexity index is 1070. The average molecular weight is 413 g/mol. The molecule has 9 heteroatoms. The van der Waals surface area contributed by atoms with Crippen molar-refractivity contribution in [3.8, 4) is 17.2 Å². The number of nitrogens with one attached hydrogen (secondary N) is 1. The number of ether oxygens (including phenoxy) is 1. The monoisotopic (exact) mass is 413 g/mol. The molecule has 0 fully saturated rings. The topological polar surface area (TPSA) is 127 Å². The molecule has 2 aromatic heterocycles. The number of nitrogens with zero attached hydrogens (tertiary/aromatic N) is 2. The maximum absolute atomic E-state index is 12.6. The molecule has 1 aromatic carbocycles. The highest BCUT2D eigenvalue weighted by atomic mass is 16.5. The van der Waals surface area contributed by atoms with Gasteiger partial charge in [0.25, 0.3) is 0 Å². The molecule has 0 aliphatic carbocycles. The predicted octanol–water partition coefficient (Wildman–Crippen LogP) is 1.90. The standard InChI is InChI=1S/C21H23N3O6/c1-13-9-17(26)20(28)21(30-13)15(14-3-4-16(25)18(10-14)29-2)11-19(27)23-6-8-24-7-5-22-12-24/h3-5,7,9-10,12,15,25,28H,6,8,11H2,1-2H3,(H,23,27). The van der Waals surface area contributed by atoms with Gasteiger partial charge in [0.1, 0.15) is 5.76 Å². The number of hydrogen-bond acceptors (Lipinski definition) is 7. The van der Waals surface area contributed by atoms with Crippen molar-refractivity contribution < 1.29 is 24.2 Å². The molecular weight excluding hydrogens is 390 g/mol. The molecule has 9 nitrogen and oxygen atoms in total. The number of hydrogen-bond donors (Lipinski definition) is 3. The number of methoxy groups -OCH3 is 1. The zero-order chi connectivity index (χ0) is 21.7. The van der Waals surface area contributed by atoms with Crippen LogP contribution in [0.2, 0.25) is 0 Å². The van der Waals surface area contributed by atoms with Crippen LogP contribution in [-0.2, 0) is 11.3 Å². The normalized spacial score (nSPS) is 11.8. The van der Waals surface area contributed by atoms with E-state index in [1.807, 2.05) is 4.57 Å². The van der Waals surface area contributed by atoms with E-state index in [0.29, 0.717) is 24.4 Å². The highest BCUT2D eigenvalue weighted by Gasteiger charge is 2.26. The van der Waals surface area contributed by atoms with Crippen LogP contribution in [0.15, 0.2) is 52.2 Å². The summed E-state index contributed by atoms with van der Waals surface area (Å²) in [7, 11) is 1.40. The van der Waals surface area contributed by atoms with E-state index in [4.69, 9.17) is 9.15 Å². The maximum atomic E-state index is 12.6. The predicted molar refractivity (Wildman–Crippen MR) is 108 cm³/mol. The van der Waals surface area contributed by atoms with E-state index in [1.54, 1.807) is 37.8 Å². The van der Waals surface area contributed by atoms with Crippen molar-refractivity contribution in [2.75, 3.05) is 13.7 Å². The minimum atomic E-state index is -0.764. The first-order chi connectivity index (χ1) is 14.4. The number of amides is 1. The number of carbonyl (C=O) groups excluding carboxylic acids is 1. The van der Waals surface area contributed by atoms with Crippen molar-refractivity contribution in [3.63, 3.8) is 0 Å². The van der Waals surface area contributed by atoms with Gasteiger partial charge >= 0.3 is 0 Å². The molecule has 30 heavy (non-hydrogen) atoms. The number of benzene rings is 1. The summed E-state index contributed by atoms with van der Waals surface area (Å²) in [6.07, 6.45) is 5.00. The maximum Gasteiger partial charge on any atom is 0.227 e. The molecule has 2 heterocycles. The average Bonchev–Trinajstić information content (AvgIpc) is 3.23. The van der Waals surface area contributed by atoms with Crippen LogP contribution in [0.1, 0.15) is 29.4 Å². The second kappa shape index (κ2) is 9.17. The number of aryl methyl sites for hydroxylation is 1. The molecule has 1 unspecified atom stereocenters. The van der Waals surface area contributed by atoms with E-state index in [-0.39, 0.29) is 29.6 Å². The van der Waals surface area contributed by atoms with E-state index < -0.39 is 17.1 Å². The van der Waals surface area contributed by atoms with Gasteiger partial charge in [-0.2, -0.15) is 0 Å². The van der Waals surface area contributed by atoms with Gasteiger partial charge in [-0.15, -0.1) is 0 Å². The Balaban J connectivity index is 1.88. The molecular formula is C21H23N3O6. The molecule has 3 N–H and O–H groups in total. The summed E-state index contributed by atoms with van der Waals surface area (Å²) in [5, 5.41) is 23.0. The number of aromatic hydroxyl groups is 2. The van der Waals surface area contributed by atoms with E-state index in [2.05, 4.69) is 10.3 Å². The highest BCUT2D eigenvalue weighted by Crippen LogP contribution is 2.37. The zero-order valence-corrected chi connectivity index (χ0v) is 16.7. The van der Waals surface area contributed by atoms with Crippen LogP contribution in [0.4, 0.5) is 0 Å². The first-order valence-corrected chi connectivity index (χ1v) is 9.32. The van der Waals surface area contributed by atoms with Crippen LogP contribution >= 0.6 is 0 Å². The lowest BCUT2D eigenvalue weighted by atomic mass is 9.91. The van der Waals surface area contributed by atoms with Crippen molar-refractivity contribution in [2.45, 2.75) is 25.8 Å². The van der Waals surface area contributed by atoms with Gasteiger partial charge in [0.2, 0.25) is 17.1 Å². The minimum Gasteiger partial charge on any atom is -0.504 e. The highest BCUT2D eigenvalue weighted by molar-refractivity contribution is 5.77. The summed E-state index contributed by atoms with van der Waals surface area (Å²) < 4.78 is 12.6. The fraction of sp³-hybridized carbons (Fsp3) is 0.286.